The normalized spacial score (nSPS) is 14.3. The SMILES string of the molecule is C[C@@H](CN)N(C)Cc1ccccc1.O=C(O)[C@@H](O)[C@H](O)C(=O)O. The van der Waals surface area contributed by atoms with Gasteiger partial charge in [0.15, 0.2) is 12.2 Å². The molecule has 0 aliphatic carbocycles. The molecule has 1 rings (SSSR count). The molecular formula is C15H24N2O6. The molecule has 1 aromatic rings. The van der Waals surface area contributed by atoms with Gasteiger partial charge in [-0.1, -0.05) is 30.3 Å². The average Bonchev–Trinajstić information content (AvgIpc) is 2.53. The van der Waals surface area contributed by atoms with Crippen molar-refractivity contribution in [1.82, 2.24) is 4.90 Å². The van der Waals surface area contributed by atoms with E-state index in [4.69, 9.17) is 26.2 Å². The highest BCUT2D eigenvalue weighted by Gasteiger charge is 2.29. The third kappa shape index (κ3) is 8.27. The lowest BCUT2D eigenvalue weighted by atomic mass is 10.2. The van der Waals surface area contributed by atoms with Crippen LogP contribution in [0.2, 0.25) is 0 Å². The van der Waals surface area contributed by atoms with Crippen LogP contribution in [-0.4, -0.2) is 69.1 Å². The minimum atomic E-state index is -2.27. The number of hydrogen-bond acceptors (Lipinski definition) is 6. The number of carboxylic acid groups (broad SMARTS) is 2. The summed E-state index contributed by atoms with van der Waals surface area (Å²) < 4.78 is 0. The van der Waals surface area contributed by atoms with Gasteiger partial charge in [-0.25, -0.2) is 9.59 Å². The molecule has 6 N–H and O–H groups in total. The van der Waals surface area contributed by atoms with Crippen molar-refractivity contribution >= 4 is 11.9 Å². The van der Waals surface area contributed by atoms with Crippen molar-refractivity contribution in [3.8, 4) is 0 Å². The van der Waals surface area contributed by atoms with Gasteiger partial charge in [0.1, 0.15) is 0 Å². The number of nitrogens with zero attached hydrogens (tertiary/aromatic N) is 1. The standard InChI is InChI=1S/C11H18N2.C4H6O6/c1-10(8-12)13(2)9-11-6-4-3-5-7-11;5-1(3(7)8)2(6)4(9)10/h3-7,10H,8-9,12H2,1-2H3;1-2,5-6H,(H,7,8)(H,9,10)/t10-;1-,2-/m00/s1. The molecule has 0 bridgehead atoms. The number of aliphatic hydroxyl groups excluding tert-OH is 2. The molecule has 0 aromatic heterocycles. The molecule has 0 radical (unpaired) electrons. The van der Waals surface area contributed by atoms with Crippen LogP contribution in [0, 0.1) is 0 Å². The number of likely N-dealkylation sites (N-methyl/N-ethyl adjacent to an activating group) is 1. The van der Waals surface area contributed by atoms with Gasteiger partial charge in [-0.05, 0) is 19.5 Å². The quantitative estimate of drug-likeness (QED) is 0.444. The molecule has 8 heteroatoms. The summed E-state index contributed by atoms with van der Waals surface area (Å²) in [7, 11) is 2.10. The maximum atomic E-state index is 9.77. The number of hydrogen-bond donors (Lipinski definition) is 5. The van der Waals surface area contributed by atoms with Crippen molar-refractivity contribution in [1.29, 1.82) is 0 Å². The molecule has 0 saturated carbocycles. The van der Waals surface area contributed by atoms with E-state index in [-0.39, 0.29) is 0 Å². The zero-order chi connectivity index (χ0) is 18.0. The molecule has 0 heterocycles. The van der Waals surface area contributed by atoms with E-state index in [9.17, 15) is 9.59 Å². The molecule has 0 saturated heterocycles. The van der Waals surface area contributed by atoms with E-state index in [0.717, 1.165) is 6.54 Å². The summed E-state index contributed by atoms with van der Waals surface area (Å²) in [6.07, 6.45) is -4.53. The summed E-state index contributed by atoms with van der Waals surface area (Å²) in [5.41, 5.74) is 6.92. The van der Waals surface area contributed by atoms with Crippen LogP contribution in [0.3, 0.4) is 0 Å². The van der Waals surface area contributed by atoms with Gasteiger partial charge in [0.25, 0.3) is 0 Å². The zero-order valence-electron chi connectivity index (χ0n) is 13.2. The first kappa shape index (κ1) is 21.0. The summed E-state index contributed by atoms with van der Waals surface area (Å²) in [5, 5.41) is 32.5. The number of benzene rings is 1. The van der Waals surface area contributed by atoms with Gasteiger partial charge in [0, 0.05) is 19.1 Å². The first-order valence-electron chi connectivity index (χ1n) is 6.96. The first-order valence-corrected chi connectivity index (χ1v) is 6.96. The predicted octanol–water partition coefficient (Wildman–Crippen LogP) is -0.657. The van der Waals surface area contributed by atoms with E-state index in [1.165, 1.54) is 5.56 Å². The van der Waals surface area contributed by atoms with Crippen molar-refractivity contribution in [3.63, 3.8) is 0 Å². The Labute approximate surface area is 134 Å². The second-order valence-corrected chi connectivity index (χ2v) is 5.05. The maximum absolute atomic E-state index is 9.77. The minimum absolute atomic E-state index is 0.445. The monoisotopic (exact) mass is 328 g/mol. The number of aliphatic hydroxyl groups is 2. The van der Waals surface area contributed by atoms with Crippen LogP contribution in [-0.2, 0) is 16.1 Å². The van der Waals surface area contributed by atoms with Gasteiger partial charge >= 0.3 is 11.9 Å². The fraction of sp³-hybridized carbons (Fsp3) is 0.467. The van der Waals surface area contributed by atoms with Crippen LogP contribution in [0.5, 0.6) is 0 Å². The molecule has 0 fully saturated rings. The van der Waals surface area contributed by atoms with Gasteiger partial charge in [0.05, 0.1) is 0 Å². The molecule has 0 unspecified atom stereocenters. The summed E-state index contributed by atoms with van der Waals surface area (Å²) >= 11 is 0. The Kier molecular flexibility index (Phi) is 9.75. The molecule has 8 nitrogen and oxygen atoms in total. The van der Waals surface area contributed by atoms with Crippen molar-refractivity contribution in [3.05, 3.63) is 35.9 Å². The first-order chi connectivity index (χ1) is 10.7. The molecule has 130 valence electrons. The number of aliphatic carboxylic acids is 2. The zero-order valence-corrected chi connectivity index (χ0v) is 13.2. The smallest absolute Gasteiger partial charge is 0.335 e. The van der Waals surface area contributed by atoms with E-state index in [1.807, 2.05) is 6.07 Å². The Morgan fingerprint density at radius 2 is 1.52 bits per heavy atom. The van der Waals surface area contributed by atoms with Gasteiger partial charge in [-0.15, -0.1) is 0 Å². The largest absolute Gasteiger partial charge is 0.479 e. The Balaban J connectivity index is 0.000000438. The fourth-order valence-electron chi connectivity index (χ4n) is 1.48. The molecule has 1 aromatic carbocycles. The average molecular weight is 328 g/mol. The third-order valence-electron chi connectivity index (χ3n) is 3.17. The van der Waals surface area contributed by atoms with Crippen LogP contribution >= 0.6 is 0 Å². The Morgan fingerprint density at radius 3 is 1.87 bits per heavy atom. The lowest BCUT2D eigenvalue weighted by Crippen LogP contribution is -2.39. The van der Waals surface area contributed by atoms with Crippen LogP contribution in [0.25, 0.3) is 0 Å². The number of nitrogens with two attached hydrogens (primary N) is 1. The Morgan fingerprint density at radius 1 is 1.09 bits per heavy atom. The molecule has 0 aliphatic heterocycles. The Bertz CT molecular complexity index is 464. The molecular weight excluding hydrogens is 304 g/mol. The van der Waals surface area contributed by atoms with Crippen molar-refractivity contribution in [2.24, 2.45) is 5.73 Å². The van der Waals surface area contributed by atoms with Gasteiger partial charge in [0.2, 0.25) is 0 Å². The fourth-order valence-corrected chi connectivity index (χ4v) is 1.48. The maximum Gasteiger partial charge on any atom is 0.335 e. The summed E-state index contributed by atoms with van der Waals surface area (Å²) in [5.74, 6) is -3.54. The lowest BCUT2D eigenvalue weighted by molar-refractivity contribution is -0.165. The van der Waals surface area contributed by atoms with Crippen LogP contribution in [0.4, 0.5) is 0 Å². The highest BCUT2D eigenvalue weighted by molar-refractivity contribution is 5.83. The van der Waals surface area contributed by atoms with E-state index in [0.29, 0.717) is 12.6 Å². The Hall–Kier alpha value is -2.00. The summed E-state index contributed by atoms with van der Waals surface area (Å²) in [6, 6.07) is 10.9. The number of carboxylic acids is 2. The lowest BCUT2D eigenvalue weighted by Gasteiger charge is -2.23. The number of carbonyl (C=O) groups is 2. The second kappa shape index (κ2) is 10.7. The van der Waals surface area contributed by atoms with Gasteiger partial charge in [-0.2, -0.15) is 0 Å². The highest BCUT2D eigenvalue weighted by Crippen LogP contribution is 2.04. The van der Waals surface area contributed by atoms with Crippen molar-refractivity contribution in [2.75, 3.05) is 13.6 Å². The van der Waals surface area contributed by atoms with Crippen molar-refractivity contribution < 1.29 is 30.0 Å². The molecule has 0 aliphatic rings. The molecule has 0 spiro atoms. The topological polar surface area (TPSA) is 144 Å². The summed E-state index contributed by atoms with van der Waals surface area (Å²) in [4.78, 5) is 21.8. The van der Waals surface area contributed by atoms with E-state index >= 15 is 0 Å². The molecule has 3 atom stereocenters. The number of rotatable bonds is 7. The van der Waals surface area contributed by atoms with E-state index < -0.39 is 24.1 Å². The van der Waals surface area contributed by atoms with Gasteiger partial charge < -0.3 is 26.2 Å². The second-order valence-electron chi connectivity index (χ2n) is 5.05. The van der Waals surface area contributed by atoms with Gasteiger partial charge in [-0.3, -0.25) is 4.90 Å². The predicted molar refractivity (Wildman–Crippen MR) is 83.7 cm³/mol. The van der Waals surface area contributed by atoms with Crippen molar-refractivity contribution in [2.45, 2.75) is 31.7 Å². The van der Waals surface area contributed by atoms with Crippen LogP contribution < -0.4 is 5.73 Å². The molecule has 23 heavy (non-hydrogen) atoms. The van der Waals surface area contributed by atoms with E-state index in [2.05, 4.69) is 43.1 Å². The summed E-state index contributed by atoms with van der Waals surface area (Å²) in [6.45, 7) is 3.82. The molecule has 0 amide bonds. The van der Waals surface area contributed by atoms with E-state index in [1.54, 1.807) is 0 Å². The highest BCUT2D eigenvalue weighted by atomic mass is 16.4. The van der Waals surface area contributed by atoms with Crippen LogP contribution in [0.15, 0.2) is 30.3 Å². The van der Waals surface area contributed by atoms with Crippen LogP contribution in [0.1, 0.15) is 12.5 Å². The minimum Gasteiger partial charge on any atom is -0.479 e. The third-order valence-corrected chi connectivity index (χ3v) is 3.17.